The van der Waals surface area contributed by atoms with Gasteiger partial charge in [0.1, 0.15) is 28.9 Å². The molecule has 3 aromatic rings. The van der Waals surface area contributed by atoms with E-state index in [1.165, 1.54) is 10.6 Å². The number of nitrogens with zero attached hydrogens (tertiary/aromatic N) is 2. The van der Waals surface area contributed by atoms with Crippen molar-refractivity contribution in [2.45, 2.75) is 64.3 Å². The number of methoxy groups -OCH3 is 2. The number of carboxylic acids is 1. The van der Waals surface area contributed by atoms with Crippen LogP contribution in [-0.4, -0.2) is 58.8 Å². The molecule has 2 heterocycles. The Labute approximate surface area is 210 Å². The van der Waals surface area contributed by atoms with Crippen LogP contribution in [0.4, 0.5) is 0 Å². The summed E-state index contributed by atoms with van der Waals surface area (Å²) in [5.74, 6) is 0.685. The van der Waals surface area contributed by atoms with E-state index in [2.05, 4.69) is 5.10 Å². The molecular weight excluding hydrogens is 464 g/mol. The topological polar surface area (TPSA) is 112 Å². The molecule has 1 fully saturated rings. The van der Waals surface area contributed by atoms with Gasteiger partial charge in [-0.25, -0.2) is 9.31 Å². The van der Waals surface area contributed by atoms with Crippen LogP contribution in [0, 0.1) is 6.92 Å². The summed E-state index contributed by atoms with van der Waals surface area (Å²) in [7, 11) is 3.16. The van der Waals surface area contributed by atoms with Gasteiger partial charge in [0.2, 0.25) is 0 Å². The van der Waals surface area contributed by atoms with Gasteiger partial charge >= 0.3 is 5.97 Å². The number of carboxylic acid groups (broad SMARTS) is 1. The van der Waals surface area contributed by atoms with Crippen molar-refractivity contribution >= 4 is 11.5 Å². The van der Waals surface area contributed by atoms with Crippen LogP contribution in [0.2, 0.25) is 0 Å². The number of hydrogen-bond donors (Lipinski definition) is 2. The molecule has 0 amide bonds. The molecule has 9 heteroatoms. The largest absolute Gasteiger partial charge is 0.496 e. The predicted octanol–water partition coefficient (Wildman–Crippen LogP) is 4.36. The number of rotatable bonds is 11. The Hall–Kier alpha value is -3.30. The van der Waals surface area contributed by atoms with Crippen molar-refractivity contribution in [1.82, 2.24) is 9.61 Å². The van der Waals surface area contributed by atoms with E-state index in [0.717, 1.165) is 31.2 Å². The molecule has 1 aliphatic carbocycles. The minimum atomic E-state index is -1.09. The van der Waals surface area contributed by atoms with Gasteiger partial charge in [-0.15, -0.1) is 0 Å². The van der Waals surface area contributed by atoms with Crippen molar-refractivity contribution in [3.63, 3.8) is 0 Å². The Morgan fingerprint density at radius 2 is 1.78 bits per heavy atom. The second-order valence-corrected chi connectivity index (χ2v) is 9.03. The van der Waals surface area contributed by atoms with Crippen LogP contribution in [0.3, 0.4) is 0 Å². The van der Waals surface area contributed by atoms with Gasteiger partial charge in [0.05, 0.1) is 38.7 Å². The molecular formula is C27H34N2O7. The maximum absolute atomic E-state index is 11.8. The maximum Gasteiger partial charge on any atom is 0.354 e. The number of aliphatic hydroxyl groups excluding tert-OH is 1. The van der Waals surface area contributed by atoms with Crippen molar-refractivity contribution in [3.8, 4) is 17.2 Å². The SMILES string of the molecule is CCOc1ccc(C(=O)O)n2nc(CC(OC3CCCC3)C(O)c3cc(OC)c(C)c(OC)c3)cc12. The van der Waals surface area contributed by atoms with Crippen molar-refractivity contribution in [2.75, 3.05) is 20.8 Å². The molecule has 2 aromatic heterocycles. The highest BCUT2D eigenvalue weighted by atomic mass is 16.5. The maximum atomic E-state index is 11.8. The first kappa shape index (κ1) is 25.8. The van der Waals surface area contributed by atoms with Crippen LogP contribution >= 0.6 is 0 Å². The number of hydrogen-bond acceptors (Lipinski definition) is 7. The lowest BCUT2D eigenvalue weighted by atomic mass is 9.98. The van der Waals surface area contributed by atoms with Gasteiger partial charge < -0.3 is 29.2 Å². The summed E-state index contributed by atoms with van der Waals surface area (Å²) in [6.07, 6.45) is 2.79. The van der Waals surface area contributed by atoms with Crippen LogP contribution in [0.15, 0.2) is 30.3 Å². The van der Waals surface area contributed by atoms with E-state index in [4.69, 9.17) is 18.9 Å². The highest BCUT2D eigenvalue weighted by molar-refractivity contribution is 5.87. The average Bonchev–Trinajstić information content (AvgIpc) is 3.53. The summed E-state index contributed by atoms with van der Waals surface area (Å²) in [6.45, 7) is 4.20. The quantitative estimate of drug-likeness (QED) is 0.401. The van der Waals surface area contributed by atoms with E-state index in [9.17, 15) is 15.0 Å². The minimum Gasteiger partial charge on any atom is -0.496 e. The van der Waals surface area contributed by atoms with Gasteiger partial charge in [-0.05, 0) is 62.6 Å². The molecule has 1 aromatic carbocycles. The van der Waals surface area contributed by atoms with E-state index < -0.39 is 18.2 Å². The Balaban J connectivity index is 1.72. The first-order valence-corrected chi connectivity index (χ1v) is 12.3. The molecule has 4 rings (SSSR count). The fourth-order valence-corrected chi connectivity index (χ4v) is 4.84. The first-order valence-electron chi connectivity index (χ1n) is 12.3. The summed E-state index contributed by atoms with van der Waals surface area (Å²) in [6, 6.07) is 8.51. The molecule has 2 N–H and O–H groups in total. The molecule has 0 aliphatic heterocycles. The van der Waals surface area contributed by atoms with Crippen molar-refractivity contribution in [2.24, 2.45) is 0 Å². The zero-order valence-electron chi connectivity index (χ0n) is 21.2. The second-order valence-electron chi connectivity index (χ2n) is 9.03. The van der Waals surface area contributed by atoms with Crippen LogP contribution in [0.5, 0.6) is 17.2 Å². The molecule has 36 heavy (non-hydrogen) atoms. The smallest absolute Gasteiger partial charge is 0.354 e. The predicted molar refractivity (Wildman–Crippen MR) is 133 cm³/mol. The lowest BCUT2D eigenvalue weighted by Gasteiger charge is -2.27. The number of pyridine rings is 1. The van der Waals surface area contributed by atoms with Crippen LogP contribution in [0.1, 0.15) is 66.0 Å². The number of benzene rings is 1. The number of ether oxygens (including phenoxy) is 4. The Morgan fingerprint density at radius 1 is 1.11 bits per heavy atom. The van der Waals surface area contributed by atoms with Gasteiger partial charge in [-0.3, -0.25) is 0 Å². The van der Waals surface area contributed by atoms with Crippen LogP contribution in [0.25, 0.3) is 5.52 Å². The van der Waals surface area contributed by atoms with Gasteiger partial charge in [-0.1, -0.05) is 12.8 Å². The zero-order valence-corrected chi connectivity index (χ0v) is 21.2. The fraction of sp³-hybridized carbons (Fsp3) is 0.481. The standard InChI is InChI=1S/C27H34N2O7/c1-5-35-22-11-10-20(27(31)32)29-21(22)14-18(28-29)15-25(36-19-8-6-7-9-19)26(30)17-12-23(33-3)16(2)24(13-17)34-4/h10-14,19,25-26,30H,5-9,15H2,1-4H3,(H,31,32). The highest BCUT2D eigenvalue weighted by Crippen LogP contribution is 2.36. The van der Waals surface area contributed by atoms with E-state index in [0.29, 0.717) is 40.6 Å². The van der Waals surface area contributed by atoms with Crippen molar-refractivity contribution in [1.29, 1.82) is 0 Å². The van der Waals surface area contributed by atoms with Crippen molar-refractivity contribution < 1.29 is 34.0 Å². The van der Waals surface area contributed by atoms with Gasteiger partial charge in [0.15, 0.2) is 5.69 Å². The second kappa shape index (κ2) is 11.2. The average molecular weight is 499 g/mol. The number of carbonyl (C=O) groups is 1. The Bertz CT molecular complexity index is 1190. The molecule has 1 aliphatic rings. The first-order chi connectivity index (χ1) is 17.4. The van der Waals surface area contributed by atoms with Crippen LogP contribution in [-0.2, 0) is 11.2 Å². The summed E-state index contributed by atoms with van der Waals surface area (Å²) in [5, 5.41) is 25.7. The summed E-state index contributed by atoms with van der Waals surface area (Å²) in [4.78, 5) is 11.8. The minimum absolute atomic E-state index is 0.0292. The molecule has 1 saturated carbocycles. The zero-order chi connectivity index (χ0) is 25.8. The van der Waals surface area contributed by atoms with E-state index in [1.54, 1.807) is 38.5 Å². The monoisotopic (exact) mass is 498 g/mol. The van der Waals surface area contributed by atoms with Gasteiger partial charge in [-0.2, -0.15) is 5.10 Å². The highest BCUT2D eigenvalue weighted by Gasteiger charge is 2.30. The molecule has 0 saturated heterocycles. The number of aromatic carboxylic acids is 1. The normalized spacial score (nSPS) is 15.7. The third kappa shape index (κ3) is 5.27. The molecule has 2 unspecified atom stereocenters. The Morgan fingerprint density at radius 3 is 2.36 bits per heavy atom. The summed E-state index contributed by atoms with van der Waals surface area (Å²) < 4.78 is 24.5. The lowest BCUT2D eigenvalue weighted by Crippen LogP contribution is -2.29. The molecule has 9 nitrogen and oxygen atoms in total. The Kier molecular flexibility index (Phi) is 8.01. The summed E-state index contributed by atoms with van der Waals surface area (Å²) in [5.41, 5.74) is 2.63. The number of aliphatic hydroxyl groups is 1. The van der Waals surface area contributed by atoms with Gasteiger partial charge in [0, 0.05) is 12.0 Å². The fourth-order valence-electron chi connectivity index (χ4n) is 4.84. The third-order valence-corrected chi connectivity index (χ3v) is 6.70. The number of aromatic nitrogens is 2. The molecule has 194 valence electrons. The van der Waals surface area contributed by atoms with Gasteiger partial charge in [0.25, 0.3) is 0 Å². The van der Waals surface area contributed by atoms with E-state index in [-0.39, 0.29) is 18.2 Å². The van der Waals surface area contributed by atoms with E-state index >= 15 is 0 Å². The molecule has 0 spiro atoms. The molecule has 2 atom stereocenters. The lowest BCUT2D eigenvalue weighted by molar-refractivity contribution is -0.0757. The molecule has 0 bridgehead atoms. The van der Waals surface area contributed by atoms with Crippen LogP contribution < -0.4 is 14.2 Å². The number of fused-ring (bicyclic) bond motifs is 1. The van der Waals surface area contributed by atoms with E-state index in [1.807, 2.05) is 13.8 Å². The van der Waals surface area contributed by atoms with Crippen molar-refractivity contribution in [3.05, 3.63) is 52.8 Å². The molecule has 0 radical (unpaired) electrons. The summed E-state index contributed by atoms with van der Waals surface area (Å²) >= 11 is 0. The third-order valence-electron chi connectivity index (χ3n) is 6.70.